The molecule has 5 atom stereocenters. The highest BCUT2D eigenvalue weighted by atomic mass is 16.1. The number of carbonyl (C=O) groups excluding carboxylic acids is 1. The molecule has 0 saturated heterocycles. The summed E-state index contributed by atoms with van der Waals surface area (Å²) in [6.07, 6.45) is 17.3. The molecule has 0 spiro atoms. The summed E-state index contributed by atoms with van der Waals surface area (Å²) in [5.74, 6) is 3.87. The Bertz CT molecular complexity index is 554. The minimum Gasteiger partial charge on any atom is -0.295 e. The third-order valence-corrected chi connectivity index (χ3v) is 7.83. The second-order valence-electron chi connectivity index (χ2n) is 8.82. The summed E-state index contributed by atoms with van der Waals surface area (Å²) in [6.45, 7) is 4.88. The van der Waals surface area contributed by atoms with E-state index in [1.807, 2.05) is 6.08 Å². The molecule has 4 rings (SSSR count). The standard InChI is InChI=1S/C22H32O/c1-3-4-5-16-7-11-21-20-9-6-15-14-17(23)8-10-18(15)19(20)12-13-22(16,21)2/h5,14,18-21H,3-4,6-13H2,1-2H3/t18?,19?,20?,21?,22-/m1/s1. The van der Waals surface area contributed by atoms with Crippen LogP contribution in [0.5, 0.6) is 0 Å². The van der Waals surface area contributed by atoms with Gasteiger partial charge in [0.25, 0.3) is 0 Å². The minimum atomic E-state index is 0.390. The number of fused-ring (bicyclic) bond motifs is 5. The fraction of sp³-hybridized carbons (Fsp3) is 0.773. The Morgan fingerprint density at radius 2 is 2.00 bits per heavy atom. The Balaban J connectivity index is 1.59. The van der Waals surface area contributed by atoms with Crippen molar-refractivity contribution >= 4 is 5.78 Å². The van der Waals surface area contributed by atoms with E-state index in [4.69, 9.17) is 0 Å². The third kappa shape index (κ3) is 2.46. The molecule has 0 heterocycles. The molecule has 1 heteroatoms. The zero-order valence-corrected chi connectivity index (χ0v) is 14.9. The Hall–Kier alpha value is -0.850. The number of unbranched alkanes of at least 4 members (excludes halogenated alkanes) is 1. The van der Waals surface area contributed by atoms with Crippen LogP contribution >= 0.6 is 0 Å². The number of rotatable bonds is 2. The maximum absolute atomic E-state index is 11.8. The van der Waals surface area contributed by atoms with Gasteiger partial charge in [0.15, 0.2) is 5.78 Å². The number of hydrogen-bond donors (Lipinski definition) is 0. The lowest BCUT2D eigenvalue weighted by atomic mass is 9.52. The first-order valence-corrected chi connectivity index (χ1v) is 10.1. The number of allylic oxidation sites excluding steroid dienone is 3. The number of hydrogen-bond acceptors (Lipinski definition) is 1. The lowest BCUT2D eigenvalue weighted by molar-refractivity contribution is -0.115. The smallest absolute Gasteiger partial charge is 0.155 e. The van der Waals surface area contributed by atoms with Crippen LogP contribution in [0.1, 0.15) is 78.1 Å². The van der Waals surface area contributed by atoms with E-state index >= 15 is 0 Å². The third-order valence-electron chi connectivity index (χ3n) is 7.83. The Kier molecular flexibility index (Phi) is 4.02. The summed E-state index contributed by atoms with van der Waals surface area (Å²) in [5.41, 5.74) is 3.82. The molecule has 0 bridgehead atoms. The van der Waals surface area contributed by atoms with E-state index in [0.29, 0.717) is 11.2 Å². The van der Waals surface area contributed by atoms with Gasteiger partial charge in [-0.1, -0.05) is 37.5 Å². The van der Waals surface area contributed by atoms with Gasteiger partial charge in [0.1, 0.15) is 0 Å². The van der Waals surface area contributed by atoms with Crippen LogP contribution in [-0.2, 0) is 4.79 Å². The Morgan fingerprint density at radius 3 is 2.83 bits per heavy atom. The SMILES string of the molecule is CCCC=C1CCC2C3CCC4=CC(=O)CCC4C3CC[C@]12C. The van der Waals surface area contributed by atoms with Crippen LogP contribution in [-0.4, -0.2) is 5.78 Å². The molecule has 1 nitrogen and oxygen atoms in total. The van der Waals surface area contributed by atoms with Crippen LogP contribution in [0.2, 0.25) is 0 Å². The normalized spacial score (nSPS) is 44.5. The molecular formula is C22H32O. The fourth-order valence-corrected chi connectivity index (χ4v) is 6.68. The Labute approximate surface area is 141 Å². The van der Waals surface area contributed by atoms with E-state index in [-0.39, 0.29) is 0 Å². The molecule has 0 amide bonds. The van der Waals surface area contributed by atoms with Crippen LogP contribution in [0.3, 0.4) is 0 Å². The van der Waals surface area contributed by atoms with Gasteiger partial charge in [-0.05, 0) is 86.5 Å². The van der Waals surface area contributed by atoms with Crippen molar-refractivity contribution in [2.75, 3.05) is 0 Å². The molecule has 0 radical (unpaired) electrons. The van der Waals surface area contributed by atoms with Gasteiger partial charge in [0, 0.05) is 6.42 Å². The zero-order chi connectivity index (χ0) is 16.0. The highest BCUT2D eigenvalue weighted by Crippen LogP contribution is 2.63. The van der Waals surface area contributed by atoms with Gasteiger partial charge in [0.05, 0.1) is 0 Å². The van der Waals surface area contributed by atoms with Crippen molar-refractivity contribution < 1.29 is 4.79 Å². The lowest BCUT2D eigenvalue weighted by Crippen LogP contribution is -2.45. The lowest BCUT2D eigenvalue weighted by Gasteiger charge is -2.53. The minimum absolute atomic E-state index is 0.390. The largest absolute Gasteiger partial charge is 0.295 e. The number of carbonyl (C=O) groups is 1. The van der Waals surface area contributed by atoms with Gasteiger partial charge < -0.3 is 0 Å². The molecule has 0 aromatic carbocycles. The van der Waals surface area contributed by atoms with E-state index < -0.39 is 0 Å². The summed E-state index contributed by atoms with van der Waals surface area (Å²) in [7, 11) is 0. The van der Waals surface area contributed by atoms with Crippen molar-refractivity contribution in [2.24, 2.45) is 29.1 Å². The highest BCUT2D eigenvalue weighted by molar-refractivity contribution is 5.91. The molecule has 4 aliphatic carbocycles. The van der Waals surface area contributed by atoms with Crippen molar-refractivity contribution in [3.8, 4) is 0 Å². The summed E-state index contributed by atoms with van der Waals surface area (Å²) in [5, 5.41) is 0. The van der Waals surface area contributed by atoms with Gasteiger partial charge in [0.2, 0.25) is 0 Å². The maximum atomic E-state index is 11.8. The first kappa shape index (κ1) is 15.7. The van der Waals surface area contributed by atoms with Gasteiger partial charge in [-0.2, -0.15) is 0 Å². The van der Waals surface area contributed by atoms with Gasteiger partial charge in [-0.15, -0.1) is 0 Å². The molecular weight excluding hydrogens is 280 g/mol. The first-order valence-electron chi connectivity index (χ1n) is 10.1. The molecule has 3 fully saturated rings. The van der Waals surface area contributed by atoms with Crippen LogP contribution in [0.15, 0.2) is 23.3 Å². The van der Waals surface area contributed by atoms with Gasteiger partial charge >= 0.3 is 0 Å². The Morgan fingerprint density at radius 1 is 1.13 bits per heavy atom. The molecule has 0 aromatic heterocycles. The van der Waals surface area contributed by atoms with Crippen molar-refractivity contribution in [3.05, 3.63) is 23.3 Å². The molecule has 0 N–H and O–H groups in total. The second-order valence-corrected chi connectivity index (χ2v) is 8.82. The second kappa shape index (κ2) is 5.90. The van der Waals surface area contributed by atoms with Gasteiger partial charge in [-0.3, -0.25) is 4.79 Å². The zero-order valence-electron chi connectivity index (χ0n) is 14.9. The highest BCUT2D eigenvalue weighted by Gasteiger charge is 2.54. The molecule has 0 aromatic rings. The van der Waals surface area contributed by atoms with E-state index in [1.54, 1.807) is 5.57 Å². The van der Waals surface area contributed by atoms with E-state index in [0.717, 1.165) is 36.5 Å². The van der Waals surface area contributed by atoms with Crippen molar-refractivity contribution in [3.63, 3.8) is 0 Å². The average molecular weight is 312 g/mol. The molecule has 4 unspecified atom stereocenters. The quantitative estimate of drug-likeness (QED) is 0.584. The van der Waals surface area contributed by atoms with E-state index in [1.165, 1.54) is 56.9 Å². The predicted molar refractivity (Wildman–Crippen MR) is 95.1 cm³/mol. The molecule has 3 saturated carbocycles. The van der Waals surface area contributed by atoms with Gasteiger partial charge in [-0.25, -0.2) is 0 Å². The maximum Gasteiger partial charge on any atom is 0.155 e. The average Bonchev–Trinajstić information content (AvgIpc) is 2.89. The predicted octanol–water partition coefficient (Wildman–Crippen LogP) is 5.85. The van der Waals surface area contributed by atoms with Crippen LogP contribution < -0.4 is 0 Å². The van der Waals surface area contributed by atoms with Crippen LogP contribution in [0, 0.1) is 29.1 Å². The molecule has 0 aliphatic heterocycles. The van der Waals surface area contributed by atoms with Crippen LogP contribution in [0.25, 0.3) is 0 Å². The topological polar surface area (TPSA) is 17.1 Å². The molecule has 4 aliphatic rings. The summed E-state index contributed by atoms with van der Waals surface area (Å²) in [6, 6.07) is 0. The van der Waals surface area contributed by atoms with E-state index in [2.05, 4.69) is 19.9 Å². The first-order chi connectivity index (χ1) is 11.1. The molecule has 23 heavy (non-hydrogen) atoms. The van der Waals surface area contributed by atoms with Crippen LogP contribution in [0.4, 0.5) is 0 Å². The molecule has 126 valence electrons. The van der Waals surface area contributed by atoms with Crippen molar-refractivity contribution in [1.29, 1.82) is 0 Å². The van der Waals surface area contributed by atoms with Crippen molar-refractivity contribution in [1.82, 2.24) is 0 Å². The number of ketones is 1. The summed E-state index contributed by atoms with van der Waals surface area (Å²) in [4.78, 5) is 11.8. The fourth-order valence-electron chi connectivity index (χ4n) is 6.68. The van der Waals surface area contributed by atoms with E-state index in [9.17, 15) is 4.79 Å². The monoisotopic (exact) mass is 312 g/mol. The summed E-state index contributed by atoms with van der Waals surface area (Å²) < 4.78 is 0. The summed E-state index contributed by atoms with van der Waals surface area (Å²) >= 11 is 0. The van der Waals surface area contributed by atoms with Crippen molar-refractivity contribution in [2.45, 2.75) is 78.1 Å².